The second-order valence-corrected chi connectivity index (χ2v) is 6.83. The molecule has 1 aliphatic heterocycles. The number of nitrogens with one attached hydrogen (secondary N) is 2. The number of aliphatic hydroxyl groups is 1. The average Bonchev–Trinajstić information content (AvgIpc) is 2.71. The van der Waals surface area contributed by atoms with Gasteiger partial charge < -0.3 is 15.7 Å². The molecule has 100 valence electrons. The Kier molecular flexibility index (Phi) is 4.66. The van der Waals surface area contributed by atoms with Crippen LogP contribution < -0.4 is 10.6 Å². The minimum atomic E-state index is -0.268. The number of hydrogen-bond donors (Lipinski definition) is 3. The van der Waals surface area contributed by atoms with E-state index in [2.05, 4.69) is 17.6 Å². The first kappa shape index (κ1) is 13.9. The molecule has 0 aliphatic carbocycles. The summed E-state index contributed by atoms with van der Waals surface area (Å²) in [6.07, 6.45) is 0.483. The van der Waals surface area contributed by atoms with E-state index in [0.29, 0.717) is 5.75 Å². The van der Waals surface area contributed by atoms with E-state index in [1.807, 2.05) is 6.07 Å². The molecule has 4 nitrogen and oxygen atoms in total. The summed E-state index contributed by atoms with van der Waals surface area (Å²) >= 11 is 3.33. The zero-order valence-electron chi connectivity index (χ0n) is 10.5. The fourth-order valence-corrected chi connectivity index (χ4v) is 3.90. The van der Waals surface area contributed by atoms with Gasteiger partial charge in [-0.2, -0.15) is 0 Å². The first-order valence-electron chi connectivity index (χ1n) is 6.04. The normalized spacial score (nSPS) is 18.1. The van der Waals surface area contributed by atoms with Gasteiger partial charge in [0.15, 0.2) is 0 Å². The monoisotopic (exact) mass is 286 g/mol. The topological polar surface area (TPSA) is 61.4 Å². The number of amides is 1. The molecule has 2 rings (SSSR count). The van der Waals surface area contributed by atoms with Crippen LogP contribution in [-0.4, -0.2) is 29.4 Å². The molecule has 1 aromatic rings. The van der Waals surface area contributed by atoms with Crippen molar-refractivity contribution in [1.29, 1.82) is 0 Å². The van der Waals surface area contributed by atoms with Crippen molar-refractivity contribution in [2.75, 3.05) is 17.6 Å². The molecule has 6 heteroatoms. The van der Waals surface area contributed by atoms with Crippen LogP contribution in [0.25, 0.3) is 0 Å². The van der Waals surface area contributed by atoms with Crippen LogP contribution >= 0.6 is 23.1 Å². The van der Waals surface area contributed by atoms with Crippen molar-refractivity contribution in [3.8, 4) is 0 Å². The summed E-state index contributed by atoms with van der Waals surface area (Å²) in [5, 5.41) is 15.5. The molecular formula is C12H18N2O2S2. The third-order valence-electron chi connectivity index (χ3n) is 2.76. The lowest BCUT2D eigenvalue weighted by Crippen LogP contribution is -2.22. The van der Waals surface area contributed by atoms with Crippen LogP contribution in [-0.2, 0) is 4.79 Å². The number of carbonyl (C=O) groups excluding carboxylic acids is 1. The van der Waals surface area contributed by atoms with Gasteiger partial charge in [0.2, 0.25) is 5.91 Å². The van der Waals surface area contributed by atoms with E-state index in [-0.39, 0.29) is 18.1 Å². The summed E-state index contributed by atoms with van der Waals surface area (Å²) in [7, 11) is 0. The lowest BCUT2D eigenvalue weighted by molar-refractivity contribution is -0.113. The van der Waals surface area contributed by atoms with Crippen LogP contribution in [0, 0.1) is 0 Å². The largest absolute Gasteiger partial charge is 0.393 e. The van der Waals surface area contributed by atoms with Crippen molar-refractivity contribution in [3.63, 3.8) is 0 Å². The Morgan fingerprint density at radius 1 is 1.56 bits per heavy atom. The number of thiophene rings is 1. The maximum absolute atomic E-state index is 11.3. The highest BCUT2D eigenvalue weighted by Crippen LogP contribution is 2.40. The molecule has 2 unspecified atom stereocenters. The number of rotatable bonds is 5. The minimum Gasteiger partial charge on any atom is -0.393 e. The van der Waals surface area contributed by atoms with E-state index in [9.17, 15) is 9.90 Å². The lowest BCUT2D eigenvalue weighted by Gasteiger charge is -2.12. The van der Waals surface area contributed by atoms with Crippen molar-refractivity contribution in [2.45, 2.75) is 36.6 Å². The van der Waals surface area contributed by atoms with Crippen LogP contribution in [0.3, 0.4) is 0 Å². The van der Waals surface area contributed by atoms with Gasteiger partial charge in [0, 0.05) is 10.9 Å². The van der Waals surface area contributed by atoms with Gasteiger partial charge in [0.1, 0.15) is 0 Å². The Bertz CT molecular complexity index is 432. The predicted octanol–water partition coefficient (Wildman–Crippen LogP) is 2.21. The third kappa shape index (κ3) is 3.47. The highest BCUT2D eigenvalue weighted by molar-refractivity contribution is 8.02. The molecular weight excluding hydrogens is 268 g/mol. The van der Waals surface area contributed by atoms with Crippen LogP contribution in [0.1, 0.15) is 31.2 Å². The third-order valence-corrected chi connectivity index (χ3v) is 5.37. The maximum atomic E-state index is 11.3. The molecule has 2 atom stereocenters. The molecule has 0 aromatic carbocycles. The van der Waals surface area contributed by atoms with E-state index in [1.54, 1.807) is 30.0 Å². The van der Waals surface area contributed by atoms with Gasteiger partial charge in [-0.15, -0.1) is 23.1 Å². The fourth-order valence-electron chi connectivity index (χ4n) is 1.73. The molecule has 18 heavy (non-hydrogen) atoms. The molecule has 0 bridgehead atoms. The zero-order valence-corrected chi connectivity index (χ0v) is 12.2. The van der Waals surface area contributed by atoms with Gasteiger partial charge in [0.05, 0.1) is 21.8 Å². The first-order valence-corrected chi connectivity index (χ1v) is 7.84. The molecule has 1 aliphatic rings. The summed E-state index contributed by atoms with van der Waals surface area (Å²) in [5.74, 6) is 0.586. The van der Waals surface area contributed by atoms with Crippen LogP contribution in [0.15, 0.2) is 10.3 Å². The molecule has 0 saturated heterocycles. The molecule has 0 spiro atoms. The Morgan fingerprint density at radius 3 is 3.06 bits per heavy atom. The number of hydrogen-bond acceptors (Lipinski definition) is 5. The van der Waals surface area contributed by atoms with Crippen molar-refractivity contribution in [3.05, 3.63) is 10.9 Å². The van der Waals surface area contributed by atoms with Crippen molar-refractivity contribution < 1.29 is 9.90 Å². The maximum Gasteiger partial charge on any atom is 0.234 e. The van der Waals surface area contributed by atoms with Gasteiger partial charge in [-0.25, -0.2) is 0 Å². The van der Waals surface area contributed by atoms with Crippen LogP contribution in [0.5, 0.6) is 0 Å². The Hall–Kier alpha value is -0.560. The number of anilines is 1. The molecule has 0 radical (unpaired) electrons. The van der Waals surface area contributed by atoms with Gasteiger partial charge in [-0.1, -0.05) is 0 Å². The summed E-state index contributed by atoms with van der Waals surface area (Å²) in [6.45, 7) is 4.69. The summed E-state index contributed by atoms with van der Waals surface area (Å²) < 4.78 is 1.19. The Labute approximate surface area is 115 Å². The zero-order chi connectivity index (χ0) is 13.1. The van der Waals surface area contributed by atoms with Crippen molar-refractivity contribution in [2.24, 2.45) is 0 Å². The first-order chi connectivity index (χ1) is 8.56. The van der Waals surface area contributed by atoms with Gasteiger partial charge in [-0.3, -0.25) is 4.79 Å². The molecule has 2 heterocycles. The van der Waals surface area contributed by atoms with E-state index >= 15 is 0 Å². The Morgan fingerprint density at radius 2 is 2.33 bits per heavy atom. The number of carbonyl (C=O) groups is 1. The second kappa shape index (κ2) is 6.06. The van der Waals surface area contributed by atoms with E-state index in [0.717, 1.165) is 18.7 Å². The number of fused-ring (bicyclic) bond motifs is 1. The average molecular weight is 286 g/mol. The van der Waals surface area contributed by atoms with E-state index in [1.165, 1.54) is 9.09 Å². The van der Waals surface area contributed by atoms with Crippen LogP contribution in [0.4, 0.5) is 5.69 Å². The molecule has 3 N–H and O–H groups in total. The van der Waals surface area contributed by atoms with Gasteiger partial charge in [-0.05, 0) is 32.9 Å². The lowest BCUT2D eigenvalue weighted by atomic mass is 10.2. The second-order valence-electron chi connectivity index (χ2n) is 4.50. The number of thioether (sulfide) groups is 1. The summed E-state index contributed by atoms with van der Waals surface area (Å²) in [4.78, 5) is 12.5. The molecule has 1 aromatic heterocycles. The van der Waals surface area contributed by atoms with Crippen molar-refractivity contribution >= 4 is 34.7 Å². The highest BCUT2D eigenvalue weighted by Gasteiger charge is 2.20. The van der Waals surface area contributed by atoms with E-state index in [4.69, 9.17) is 0 Å². The summed E-state index contributed by atoms with van der Waals surface area (Å²) in [5.41, 5.74) is 0.945. The Balaban J connectivity index is 1.94. The highest BCUT2D eigenvalue weighted by atomic mass is 32.2. The predicted molar refractivity (Wildman–Crippen MR) is 76.4 cm³/mol. The van der Waals surface area contributed by atoms with Gasteiger partial charge in [0.25, 0.3) is 0 Å². The van der Waals surface area contributed by atoms with Crippen molar-refractivity contribution in [1.82, 2.24) is 5.32 Å². The van der Waals surface area contributed by atoms with Gasteiger partial charge >= 0.3 is 0 Å². The standard InChI is InChI=1S/C12H18N2O2S2/c1-7(15)3-4-13-8(2)10-5-9-12(18-10)17-6-11(16)14-9/h5,7-8,13,15H,3-4,6H2,1-2H3,(H,14,16). The smallest absolute Gasteiger partial charge is 0.234 e. The molecule has 1 amide bonds. The molecule has 0 fully saturated rings. The van der Waals surface area contributed by atoms with Crippen LogP contribution in [0.2, 0.25) is 0 Å². The molecule has 0 saturated carbocycles. The number of aliphatic hydroxyl groups excluding tert-OH is 1. The quantitative estimate of drug-likeness (QED) is 0.776. The SMILES string of the molecule is CC(O)CCNC(C)c1cc2c(s1)SCC(=O)N2. The van der Waals surface area contributed by atoms with E-state index < -0.39 is 0 Å². The minimum absolute atomic E-state index is 0.0755. The summed E-state index contributed by atoms with van der Waals surface area (Å²) in [6, 6.07) is 2.29. The fraction of sp³-hybridized carbons (Fsp3) is 0.583.